The summed E-state index contributed by atoms with van der Waals surface area (Å²) >= 11 is 0. The van der Waals surface area contributed by atoms with Gasteiger partial charge in [0.05, 0.1) is 5.69 Å². The van der Waals surface area contributed by atoms with Crippen molar-refractivity contribution in [3.63, 3.8) is 0 Å². The van der Waals surface area contributed by atoms with Crippen LogP contribution in [0.5, 0.6) is 0 Å². The van der Waals surface area contributed by atoms with Gasteiger partial charge in [0.15, 0.2) is 17.5 Å². The SMILES string of the molecule is c1ccc(-c2ccc(N(c3ccc(-c4ccccc4)cc3)c3cc(-c4nc(-c5ccccc5)nc(-c5ccc6ccccc6c5)n4)c4c(c3)oc3ccccc34)cc2)cc1. The maximum absolute atomic E-state index is 6.71. The van der Waals surface area contributed by atoms with Crippen LogP contribution in [0.1, 0.15) is 0 Å². The van der Waals surface area contributed by atoms with Gasteiger partial charge >= 0.3 is 0 Å². The molecule has 60 heavy (non-hydrogen) atoms. The predicted molar refractivity (Wildman–Crippen MR) is 246 cm³/mol. The van der Waals surface area contributed by atoms with Crippen molar-refractivity contribution in [2.45, 2.75) is 0 Å². The molecule has 11 rings (SSSR count). The van der Waals surface area contributed by atoms with E-state index in [1.165, 1.54) is 11.1 Å². The first-order valence-corrected chi connectivity index (χ1v) is 20.1. The van der Waals surface area contributed by atoms with Crippen LogP contribution in [0.3, 0.4) is 0 Å². The van der Waals surface area contributed by atoms with E-state index in [2.05, 4.69) is 163 Å². The lowest BCUT2D eigenvalue weighted by Crippen LogP contribution is -2.10. The van der Waals surface area contributed by atoms with Crippen LogP contribution < -0.4 is 4.90 Å². The highest BCUT2D eigenvalue weighted by Gasteiger charge is 2.23. The second-order valence-corrected chi connectivity index (χ2v) is 14.9. The summed E-state index contributed by atoms with van der Waals surface area (Å²) in [5.41, 5.74) is 11.7. The zero-order valence-corrected chi connectivity index (χ0v) is 32.5. The number of furan rings is 1. The third-order valence-electron chi connectivity index (χ3n) is 11.1. The van der Waals surface area contributed by atoms with E-state index < -0.39 is 0 Å². The van der Waals surface area contributed by atoms with Gasteiger partial charge in [0, 0.05) is 44.9 Å². The number of aromatic nitrogens is 3. The molecule has 0 atom stereocenters. The van der Waals surface area contributed by atoms with Crippen molar-refractivity contribution in [2.75, 3.05) is 4.90 Å². The Morgan fingerprint density at radius 1 is 0.317 bits per heavy atom. The molecule has 0 saturated heterocycles. The molecule has 0 aliphatic heterocycles. The van der Waals surface area contributed by atoms with E-state index in [1.54, 1.807) is 0 Å². The van der Waals surface area contributed by atoms with Crippen LogP contribution in [0.25, 0.3) is 89.1 Å². The average molecular weight is 769 g/mol. The van der Waals surface area contributed by atoms with Crippen LogP contribution in [0.15, 0.2) is 223 Å². The normalized spacial score (nSPS) is 11.3. The number of hydrogen-bond acceptors (Lipinski definition) is 5. The number of benzene rings is 9. The Balaban J connectivity index is 1.14. The highest BCUT2D eigenvalue weighted by atomic mass is 16.3. The molecule has 9 aromatic carbocycles. The minimum atomic E-state index is 0.559. The molecular formula is C55H36N4O. The third-order valence-corrected chi connectivity index (χ3v) is 11.1. The second kappa shape index (κ2) is 15.0. The monoisotopic (exact) mass is 768 g/mol. The van der Waals surface area contributed by atoms with Gasteiger partial charge in [-0.15, -0.1) is 0 Å². The van der Waals surface area contributed by atoms with E-state index in [0.29, 0.717) is 17.5 Å². The molecule has 0 unspecified atom stereocenters. The quantitative estimate of drug-likeness (QED) is 0.154. The summed E-state index contributed by atoms with van der Waals surface area (Å²) in [6.07, 6.45) is 0. The molecule has 2 aromatic heterocycles. The van der Waals surface area contributed by atoms with Gasteiger partial charge in [0.2, 0.25) is 0 Å². The Morgan fingerprint density at radius 3 is 1.43 bits per heavy atom. The van der Waals surface area contributed by atoms with Crippen LogP contribution in [0.4, 0.5) is 17.1 Å². The minimum absolute atomic E-state index is 0.559. The maximum Gasteiger partial charge on any atom is 0.164 e. The fourth-order valence-electron chi connectivity index (χ4n) is 8.13. The van der Waals surface area contributed by atoms with Crippen molar-refractivity contribution in [1.29, 1.82) is 0 Å². The molecule has 0 aliphatic carbocycles. The zero-order valence-electron chi connectivity index (χ0n) is 32.5. The zero-order chi connectivity index (χ0) is 39.8. The lowest BCUT2D eigenvalue weighted by Gasteiger charge is -2.26. The van der Waals surface area contributed by atoms with Gasteiger partial charge in [-0.05, 0) is 75.5 Å². The van der Waals surface area contributed by atoms with Gasteiger partial charge in [0.1, 0.15) is 11.2 Å². The largest absolute Gasteiger partial charge is 0.456 e. The van der Waals surface area contributed by atoms with E-state index in [1.807, 2.05) is 60.7 Å². The first-order valence-electron chi connectivity index (χ1n) is 20.1. The summed E-state index contributed by atoms with van der Waals surface area (Å²) in [5.74, 6) is 1.75. The molecule has 0 amide bonds. The van der Waals surface area contributed by atoms with E-state index in [0.717, 1.165) is 77.6 Å². The van der Waals surface area contributed by atoms with Crippen LogP contribution in [0.2, 0.25) is 0 Å². The van der Waals surface area contributed by atoms with Crippen molar-refractivity contribution >= 4 is 49.8 Å². The molecule has 0 bridgehead atoms. The van der Waals surface area contributed by atoms with Crippen molar-refractivity contribution in [2.24, 2.45) is 0 Å². The highest BCUT2D eigenvalue weighted by Crippen LogP contribution is 2.44. The molecule has 0 N–H and O–H groups in total. The van der Waals surface area contributed by atoms with Crippen LogP contribution in [-0.2, 0) is 0 Å². The van der Waals surface area contributed by atoms with E-state index >= 15 is 0 Å². The summed E-state index contributed by atoms with van der Waals surface area (Å²) in [4.78, 5) is 17.9. The molecule has 5 nitrogen and oxygen atoms in total. The van der Waals surface area contributed by atoms with Gasteiger partial charge in [0.25, 0.3) is 0 Å². The smallest absolute Gasteiger partial charge is 0.164 e. The lowest BCUT2D eigenvalue weighted by atomic mass is 10.0. The summed E-state index contributed by atoms with van der Waals surface area (Å²) in [5, 5.41) is 4.22. The molecular weight excluding hydrogens is 733 g/mol. The van der Waals surface area contributed by atoms with Crippen molar-refractivity contribution in [1.82, 2.24) is 15.0 Å². The number of para-hydroxylation sites is 1. The molecule has 0 aliphatic rings. The fourth-order valence-corrected chi connectivity index (χ4v) is 8.13. The average Bonchev–Trinajstić information content (AvgIpc) is 3.71. The molecule has 0 fully saturated rings. The first-order chi connectivity index (χ1) is 29.7. The van der Waals surface area contributed by atoms with E-state index in [4.69, 9.17) is 19.4 Å². The van der Waals surface area contributed by atoms with E-state index in [-0.39, 0.29) is 0 Å². The Labute approximate surface area is 347 Å². The van der Waals surface area contributed by atoms with E-state index in [9.17, 15) is 0 Å². The molecule has 0 spiro atoms. The Hall–Kier alpha value is -8.15. The molecule has 11 aromatic rings. The van der Waals surface area contributed by atoms with Crippen molar-refractivity contribution in [3.05, 3.63) is 218 Å². The Morgan fingerprint density at radius 2 is 0.800 bits per heavy atom. The van der Waals surface area contributed by atoms with Crippen LogP contribution in [0, 0.1) is 0 Å². The Bertz CT molecular complexity index is 3210. The number of hydrogen-bond donors (Lipinski definition) is 0. The van der Waals surface area contributed by atoms with Gasteiger partial charge in [-0.1, -0.05) is 170 Å². The Kier molecular flexibility index (Phi) is 8.75. The first kappa shape index (κ1) is 35.0. The fraction of sp³-hybridized carbons (Fsp3) is 0. The van der Waals surface area contributed by atoms with Crippen molar-refractivity contribution < 1.29 is 4.42 Å². The van der Waals surface area contributed by atoms with Gasteiger partial charge < -0.3 is 9.32 Å². The second-order valence-electron chi connectivity index (χ2n) is 14.9. The molecule has 282 valence electrons. The molecule has 0 radical (unpaired) electrons. The third kappa shape index (κ3) is 6.54. The standard InChI is InChI=1S/C55H36N4O/c1-4-14-37(15-5-1)40-26-30-45(31-27-40)59(46-32-28-41(29-33-46)38-16-6-2-7-17-38)47-35-49(52-48-22-12-13-23-50(48)60-51(52)36-47)55-57-53(42-19-8-3-9-20-42)56-54(58-55)44-25-24-39-18-10-11-21-43(39)34-44/h1-36H. The van der Waals surface area contributed by atoms with Crippen LogP contribution in [-0.4, -0.2) is 15.0 Å². The summed E-state index contributed by atoms with van der Waals surface area (Å²) in [6.45, 7) is 0. The number of nitrogens with zero attached hydrogens (tertiary/aromatic N) is 4. The van der Waals surface area contributed by atoms with Gasteiger partial charge in [-0.2, -0.15) is 0 Å². The topological polar surface area (TPSA) is 55.1 Å². The highest BCUT2D eigenvalue weighted by molar-refractivity contribution is 6.13. The summed E-state index contributed by atoms with van der Waals surface area (Å²) in [6, 6.07) is 75.8. The number of rotatable bonds is 8. The van der Waals surface area contributed by atoms with Crippen molar-refractivity contribution in [3.8, 4) is 56.4 Å². The predicted octanol–water partition coefficient (Wildman–Crippen LogP) is 14.7. The number of fused-ring (bicyclic) bond motifs is 4. The maximum atomic E-state index is 6.71. The van der Waals surface area contributed by atoms with Gasteiger partial charge in [-0.25, -0.2) is 15.0 Å². The van der Waals surface area contributed by atoms with Crippen LogP contribution >= 0.6 is 0 Å². The molecule has 5 heteroatoms. The molecule has 2 heterocycles. The summed E-state index contributed by atoms with van der Waals surface area (Å²) < 4.78 is 6.71. The lowest BCUT2D eigenvalue weighted by molar-refractivity contribution is 0.669. The van der Waals surface area contributed by atoms with Gasteiger partial charge in [-0.3, -0.25) is 0 Å². The number of anilines is 3. The molecule has 0 saturated carbocycles. The summed E-state index contributed by atoms with van der Waals surface area (Å²) in [7, 11) is 0. The minimum Gasteiger partial charge on any atom is -0.456 e.